The summed E-state index contributed by atoms with van der Waals surface area (Å²) in [6, 6.07) is 0. The second-order valence-corrected chi connectivity index (χ2v) is 6.84. The molecule has 2 unspecified atom stereocenters. The average molecular weight is 333 g/mol. The zero-order valence-corrected chi connectivity index (χ0v) is 18.4. The smallest absolute Gasteiger partial charge is 0.870 e. The van der Waals surface area contributed by atoms with Crippen molar-refractivity contribution in [1.29, 1.82) is 0 Å². The Hall–Kier alpha value is 0.140. The average Bonchev–Trinajstić information content (AvgIpc) is 2.39. The van der Waals surface area contributed by atoms with E-state index in [1.807, 2.05) is 0 Å². The molecule has 0 spiro atoms. The Morgan fingerprint density at radius 2 is 1.96 bits per heavy atom. The Balaban J connectivity index is -0.000000321. The van der Waals surface area contributed by atoms with Gasteiger partial charge in [0.1, 0.15) is 0 Å². The number of aliphatic hydroxyl groups is 1. The minimum absolute atomic E-state index is 0. The summed E-state index contributed by atoms with van der Waals surface area (Å²) in [4.78, 5) is 0. The van der Waals surface area contributed by atoms with Crippen LogP contribution in [0, 0.1) is 11.8 Å². The van der Waals surface area contributed by atoms with E-state index in [9.17, 15) is 0 Å². The van der Waals surface area contributed by atoms with Gasteiger partial charge < -0.3 is 10.6 Å². The zero-order chi connectivity index (χ0) is 16.3. The second-order valence-electron chi connectivity index (χ2n) is 6.84. The van der Waals surface area contributed by atoms with Crippen LogP contribution in [0.25, 0.3) is 0 Å². The van der Waals surface area contributed by atoms with Crippen LogP contribution in [-0.4, -0.2) is 17.2 Å². The monoisotopic (exact) mass is 332 g/mol. The van der Waals surface area contributed by atoms with Crippen LogP contribution in [0.4, 0.5) is 0 Å². The van der Waals surface area contributed by atoms with E-state index < -0.39 is 0 Å². The van der Waals surface area contributed by atoms with Crippen LogP contribution < -0.4 is 29.6 Å². The maximum atomic E-state index is 8.63. The molecule has 0 radical (unpaired) electrons. The molecule has 0 amide bonds. The molecule has 0 aromatic carbocycles. The van der Waals surface area contributed by atoms with Crippen molar-refractivity contribution < 1.29 is 40.1 Å². The fourth-order valence-corrected chi connectivity index (χ4v) is 2.43. The molecule has 1 rings (SSSR count). The van der Waals surface area contributed by atoms with Crippen molar-refractivity contribution in [2.75, 3.05) is 6.61 Å². The normalized spacial score (nSPS) is 17.3. The van der Waals surface area contributed by atoms with Crippen LogP contribution in [0.1, 0.15) is 73.1 Å². The third-order valence-corrected chi connectivity index (χ3v) is 4.17. The van der Waals surface area contributed by atoms with Crippen molar-refractivity contribution in [2.24, 2.45) is 11.8 Å². The van der Waals surface area contributed by atoms with Crippen molar-refractivity contribution in [3.63, 3.8) is 0 Å². The Labute approximate surface area is 166 Å². The van der Waals surface area contributed by atoms with Crippen LogP contribution >= 0.6 is 0 Å². The van der Waals surface area contributed by atoms with Gasteiger partial charge in [0.25, 0.3) is 0 Å². The molecule has 0 aromatic heterocycles. The largest absolute Gasteiger partial charge is 1.00 e. The molecular formula is C20H37NaO2. The predicted octanol–water partition coefficient (Wildman–Crippen LogP) is 2.89. The summed E-state index contributed by atoms with van der Waals surface area (Å²) in [6.45, 7) is 15.1. The van der Waals surface area contributed by atoms with Gasteiger partial charge >= 0.3 is 29.6 Å². The third kappa shape index (κ3) is 16.8. The fourth-order valence-electron chi connectivity index (χ4n) is 2.43. The van der Waals surface area contributed by atoms with Crippen LogP contribution in [-0.2, 0) is 0 Å². The van der Waals surface area contributed by atoms with Gasteiger partial charge in [-0.2, -0.15) is 0 Å². The van der Waals surface area contributed by atoms with Crippen LogP contribution in [0.15, 0.2) is 35.5 Å². The summed E-state index contributed by atoms with van der Waals surface area (Å²) in [5.74, 6) is 1.43. The topological polar surface area (TPSA) is 50.2 Å². The number of hydrogen-bond donors (Lipinski definition) is 1. The van der Waals surface area contributed by atoms with Crippen LogP contribution in [0.5, 0.6) is 0 Å². The second kappa shape index (κ2) is 17.0. The van der Waals surface area contributed by atoms with E-state index in [-0.39, 0.29) is 35.0 Å². The Morgan fingerprint density at radius 1 is 1.35 bits per heavy atom. The quantitative estimate of drug-likeness (QED) is 0.600. The van der Waals surface area contributed by atoms with Gasteiger partial charge in [-0.25, -0.2) is 0 Å². The van der Waals surface area contributed by atoms with Crippen LogP contribution in [0.2, 0.25) is 0 Å². The van der Waals surface area contributed by atoms with Gasteiger partial charge in [-0.3, -0.25) is 0 Å². The minimum atomic E-state index is 0. The van der Waals surface area contributed by atoms with E-state index in [4.69, 9.17) is 5.11 Å². The predicted molar refractivity (Wildman–Crippen MR) is 97.4 cm³/mol. The van der Waals surface area contributed by atoms with E-state index in [0.29, 0.717) is 12.5 Å². The van der Waals surface area contributed by atoms with Gasteiger partial charge in [0, 0.05) is 6.61 Å². The first kappa shape index (κ1) is 28.0. The molecule has 0 heterocycles. The Kier molecular flexibility index (Phi) is 20.6. The van der Waals surface area contributed by atoms with E-state index in [2.05, 4.69) is 53.3 Å². The maximum absolute atomic E-state index is 8.63. The summed E-state index contributed by atoms with van der Waals surface area (Å²) in [5.41, 5.74) is 4.29. The molecule has 0 aliphatic heterocycles. The van der Waals surface area contributed by atoms with Gasteiger partial charge in [0.05, 0.1) is 0 Å². The van der Waals surface area contributed by atoms with E-state index in [1.54, 1.807) is 5.57 Å². The molecule has 130 valence electrons. The maximum Gasteiger partial charge on any atom is 1.00 e. The van der Waals surface area contributed by atoms with Gasteiger partial charge in [-0.05, 0) is 78.1 Å². The molecule has 3 heteroatoms. The molecule has 0 saturated carbocycles. The SMILES string of the molecule is C=C(C)C1CC=C(C)CC1.CC(C)=CCCC(C)CCO.[Na+].[OH-]. The summed E-state index contributed by atoms with van der Waals surface area (Å²) in [7, 11) is 0. The standard InChI is InChI=1S/C10H20O.C10H16.Na.H2O/c1-9(2)5-4-6-10(3)7-8-11;1-8(2)10-6-4-9(3)5-7-10;;/h5,10-11H,4,6-8H2,1-3H3;4,10H,1,5-7H2,2-3H3;;1H2/q;;+1;/p-1. The summed E-state index contributed by atoms with van der Waals surface area (Å²) in [5, 5.41) is 8.63. The number of hydrogen-bond acceptors (Lipinski definition) is 2. The molecule has 0 saturated heterocycles. The number of rotatable bonds is 6. The fraction of sp³-hybridized carbons (Fsp3) is 0.700. The van der Waals surface area contributed by atoms with Crippen molar-refractivity contribution in [1.82, 2.24) is 0 Å². The van der Waals surface area contributed by atoms with Gasteiger partial charge in [-0.15, -0.1) is 0 Å². The van der Waals surface area contributed by atoms with Gasteiger partial charge in [0.15, 0.2) is 0 Å². The summed E-state index contributed by atoms with van der Waals surface area (Å²) >= 11 is 0. The minimum Gasteiger partial charge on any atom is -0.870 e. The molecule has 1 aliphatic rings. The summed E-state index contributed by atoms with van der Waals surface area (Å²) < 4.78 is 0. The molecule has 2 atom stereocenters. The van der Waals surface area contributed by atoms with Gasteiger partial charge in [0.2, 0.25) is 0 Å². The Bertz CT molecular complexity index is 355. The molecule has 1 aliphatic carbocycles. The zero-order valence-electron chi connectivity index (χ0n) is 16.4. The van der Waals surface area contributed by atoms with E-state index in [1.165, 1.54) is 36.8 Å². The van der Waals surface area contributed by atoms with Crippen molar-refractivity contribution in [3.05, 3.63) is 35.5 Å². The molecule has 0 aromatic rings. The van der Waals surface area contributed by atoms with Crippen molar-refractivity contribution >= 4 is 0 Å². The molecule has 2 nitrogen and oxygen atoms in total. The first-order chi connectivity index (χ1) is 9.86. The molecule has 23 heavy (non-hydrogen) atoms. The molecule has 0 bridgehead atoms. The van der Waals surface area contributed by atoms with Gasteiger partial charge in [-0.1, -0.05) is 42.4 Å². The first-order valence-electron chi connectivity index (χ1n) is 8.42. The summed E-state index contributed by atoms with van der Waals surface area (Å²) in [6.07, 6.45) is 11.7. The van der Waals surface area contributed by atoms with E-state index in [0.717, 1.165) is 18.8 Å². The first-order valence-corrected chi connectivity index (χ1v) is 8.42. The number of allylic oxidation sites excluding steroid dienone is 5. The van der Waals surface area contributed by atoms with Crippen molar-refractivity contribution in [2.45, 2.75) is 73.1 Å². The van der Waals surface area contributed by atoms with Crippen LogP contribution in [0.3, 0.4) is 0 Å². The Morgan fingerprint density at radius 3 is 2.35 bits per heavy atom. The van der Waals surface area contributed by atoms with Crippen molar-refractivity contribution in [3.8, 4) is 0 Å². The van der Waals surface area contributed by atoms with E-state index >= 15 is 0 Å². The third-order valence-electron chi connectivity index (χ3n) is 4.17. The molecule has 0 fully saturated rings. The molecule has 2 N–H and O–H groups in total. The molecular weight excluding hydrogens is 295 g/mol. The number of aliphatic hydroxyl groups excluding tert-OH is 1.